The number of hydrogen-bond donors (Lipinski definition) is 2. The van der Waals surface area contributed by atoms with Gasteiger partial charge in [-0.25, -0.2) is 12.7 Å². The Morgan fingerprint density at radius 2 is 1.81 bits per heavy atom. The molecule has 140 valence electrons. The molecule has 0 saturated carbocycles. The minimum absolute atomic E-state index is 0.0692. The van der Waals surface area contributed by atoms with Gasteiger partial charge in [0.15, 0.2) is 0 Å². The fourth-order valence-electron chi connectivity index (χ4n) is 2.25. The van der Waals surface area contributed by atoms with Gasteiger partial charge in [0, 0.05) is 26.2 Å². The van der Waals surface area contributed by atoms with Gasteiger partial charge < -0.3 is 15.8 Å². The molecule has 0 heterocycles. The topological polar surface area (TPSA) is 102 Å². The first-order valence-corrected chi connectivity index (χ1v) is 9.53. The van der Waals surface area contributed by atoms with E-state index in [1.165, 1.54) is 32.3 Å². The van der Waals surface area contributed by atoms with Crippen LogP contribution in [0.15, 0.2) is 47.4 Å². The van der Waals surface area contributed by atoms with Crippen molar-refractivity contribution in [3.8, 4) is 5.75 Å². The second-order valence-corrected chi connectivity index (χ2v) is 7.89. The summed E-state index contributed by atoms with van der Waals surface area (Å²) in [5.74, 6) is 0.0334. The van der Waals surface area contributed by atoms with Crippen molar-refractivity contribution in [2.45, 2.75) is 18.4 Å². The Kier molecular flexibility index (Phi) is 6.36. The molecule has 26 heavy (non-hydrogen) atoms. The van der Waals surface area contributed by atoms with Crippen LogP contribution in [0.1, 0.15) is 22.8 Å². The molecule has 0 aliphatic rings. The van der Waals surface area contributed by atoms with E-state index in [0.717, 1.165) is 9.87 Å². The second kappa shape index (κ2) is 8.31. The number of nitrogens with zero attached hydrogens (tertiary/aromatic N) is 1. The first-order chi connectivity index (χ1) is 12.3. The largest absolute Gasteiger partial charge is 0.492 e. The predicted octanol–water partition coefficient (Wildman–Crippen LogP) is 2.05. The Hall–Kier alpha value is -2.42. The Morgan fingerprint density at radius 1 is 1.15 bits per heavy atom. The van der Waals surface area contributed by atoms with Crippen molar-refractivity contribution in [2.24, 2.45) is 5.73 Å². The molecule has 8 heteroatoms. The summed E-state index contributed by atoms with van der Waals surface area (Å²) >= 11 is 0. The maximum Gasteiger partial charge on any atom is 0.255 e. The highest BCUT2D eigenvalue weighted by molar-refractivity contribution is 7.89. The zero-order valence-corrected chi connectivity index (χ0v) is 15.8. The molecule has 7 nitrogen and oxygen atoms in total. The van der Waals surface area contributed by atoms with Crippen molar-refractivity contribution >= 4 is 21.6 Å². The summed E-state index contributed by atoms with van der Waals surface area (Å²) in [6, 6.07) is 11.2. The van der Waals surface area contributed by atoms with E-state index in [1.807, 2.05) is 6.92 Å². The molecule has 0 aliphatic carbocycles. The van der Waals surface area contributed by atoms with E-state index >= 15 is 0 Å². The normalized spacial score (nSPS) is 11.4. The summed E-state index contributed by atoms with van der Waals surface area (Å²) < 4.78 is 31.3. The minimum Gasteiger partial charge on any atom is -0.492 e. The van der Waals surface area contributed by atoms with Crippen LogP contribution >= 0.6 is 0 Å². The van der Waals surface area contributed by atoms with Crippen LogP contribution in [-0.2, 0) is 16.6 Å². The molecule has 0 bridgehead atoms. The number of ether oxygens (including phenoxy) is 1. The molecule has 0 saturated heterocycles. The molecular weight excluding hydrogens is 354 g/mol. The molecule has 0 unspecified atom stereocenters. The maximum absolute atomic E-state index is 12.5. The quantitative estimate of drug-likeness (QED) is 0.769. The summed E-state index contributed by atoms with van der Waals surface area (Å²) in [6.45, 7) is 2.58. The Balaban J connectivity index is 2.37. The van der Waals surface area contributed by atoms with Crippen LogP contribution in [0.25, 0.3) is 0 Å². The van der Waals surface area contributed by atoms with Crippen molar-refractivity contribution in [3.05, 3.63) is 53.6 Å². The zero-order valence-electron chi connectivity index (χ0n) is 15.0. The molecule has 0 aliphatic heterocycles. The third-order valence-electron chi connectivity index (χ3n) is 3.73. The maximum atomic E-state index is 12.5. The van der Waals surface area contributed by atoms with Gasteiger partial charge in [-0.15, -0.1) is 0 Å². The predicted molar refractivity (Wildman–Crippen MR) is 101 cm³/mol. The van der Waals surface area contributed by atoms with Crippen LogP contribution in [-0.4, -0.2) is 39.3 Å². The van der Waals surface area contributed by atoms with Gasteiger partial charge >= 0.3 is 0 Å². The SMILES string of the molecule is CCOc1ccc(S(=O)(=O)N(C)C)cc1NC(=O)c1ccc(CN)cc1. The van der Waals surface area contributed by atoms with E-state index in [9.17, 15) is 13.2 Å². The Bertz CT molecular complexity index is 878. The van der Waals surface area contributed by atoms with Gasteiger partial charge in [0.1, 0.15) is 5.75 Å². The highest BCUT2D eigenvalue weighted by atomic mass is 32.2. The lowest BCUT2D eigenvalue weighted by atomic mass is 10.1. The molecule has 1 amide bonds. The zero-order chi connectivity index (χ0) is 19.3. The number of rotatable bonds is 7. The van der Waals surface area contributed by atoms with Gasteiger partial charge in [0.25, 0.3) is 5.91 Å². The number of amides is 1. The average molecular weight is 377 g/mol. The minimum atomic E-state index is -3.63. The standard InChI is InChI=1S/C18H23N3O4S/c1-4-25-17-10-9-15(26(23,24)21(2)3)11-16(17)20-18(22)14-7-5-13(12-19)6-8-14/h5-11H,4,12,19H2,1-3H3,(H,20,22). The van der Waals surface area contributed by atoms with Crippen LogP contribution < -0.4 is 15.8 Å². The molecule has 2 rings (SSSR count). The van der Waals surface area contributed by atoms with E-state index in [1.54, 1.807) is 24.3 Å². The van der Waals surface area contributed by atoms with Crippen LogP contribution in [0.4, 0.5) is 5.69 Å². The lowest BCUT2D eigenvalue weighted by Gasteiger charge is -2.16. The smallest absolute Gasteiger partial charge is 0.255 e. The molecule has 3 N–H and O–H groups in total. The van der Waals surface area contributed by atoms with E-state index in [-0.39, 0.29) is 10.8 Å². The highest BCUT2D eigenvalue weighted by Crippen LogP contribution is 2.29. The van der Waals surface area contributed by atoms with Crippen molar-refractivity contribution < 1.29 is 17.9 Å². The number of benzene rings is 2. The highest BCUT2D eigenvalue weighted by Gasteiger charge is 2.20. The number of carbonyl (C=O) groups excluding carboxylic acids is 1. The fraction of sp³-hybridized carbons (Fsp3) is 0.278. The summed E-state index contributed by atoms with van der Waals surface area (Å²) in [5.41, 5.74) is 7.20. The Morgan fingerprint density at radius 3 is 2.35 bits per heavy atom. The summed E-state index contributed by atoms with van der Waals surface area (Å²) in [7, 11) is -0.733. The lowest BCUT2D eigenvalue weighted by Crippen LogP contribution is -2.22. The molecule has 2 aromatic carbocycles. The van der Waals surface area contributed by atoms with Crippen LogP contribution in [0.2, 0.25) is 0 Å². The van der Waals surface area contributed by atoms with E-state index in [0.29, 0.717) is 30.2 Å². The lowest BCUT2D eigenvalue weighted by molar-refractivity contribution is 0.102. The van der Waals surface area contributed by atoms with Crippen molar-refractivity contribution in [3.63, 3.8) is 0 Å². The molecule has 0 spiro atoms. The summed E-state index contributed by atoms with van der Waals surface area (Å²) in [5, 5.41) is 2.72. The molecule has 0 aromatic heterocycles. The van der Waals surface area contributed by atoms with Gasteiger partial charge in [-0.2, -0.15) is 0 Å². The van der Waals surface area contributed by atoms with Crippen molar-refractivity contribution in [1.82, 2.24) is 4.31 Å². The number of nitrogens with two attached hydrogens (primary N) is 1. The molecule has 2 aromatic rings. The summed E-state index contributed by atoms with van der Waals surface area (Å²) in [6.07, 6.45) is 0. The van der Waals surface area contributed by atoms with Crippen LogP contribution in [0.5, 0.6) is 5.75 Å². The third kappa shape index (κ3) is 4.40. The second-order valence-electron chi connectivity index (χ2n) is 5.73. The van der Waals surface area contributed by atoms with Gasteiger partial charge in [-0.1, -0.05) is 12.1 Å². The van der Waals surface area contributed by atoms with E-state index < -0.39 is 10.0 Å². The van der Waals surface area contributed by atoms with Crippen LogP contribution in [0.3, 0.4) is 0 Å². The van der Waals surface area contributed by atoms with Crippen molar-refractivity contribution in [2.75, 3.05) is 26.0 Å². The van der Waals surface area contributed by atoms with E-state index in [4.69, 9.17) is 10.5 Å². The molecule has 0 fully saturated rings. The van der Waals surface area contributed by atoms with Crippen molar-refractivity contribution in [1.29, 1.82) is 0 Å². The van der Waals surface area contributed by atoms with Crippen LogP contribution in [0, 0.1) is 0 Å². The first-order valence-electron chi connectivity index (χ1n) is 8.09. The number of sulfonamides is 1. The molecule has 0 atom stereocenters. The fourth-order valence-corrected chi connectivity index (χ4v) is 3.17. The molecule has 0 radical (unpaired) electrons. The number of anilines is 1. The number of nitrogens with one attached hydrogen (secondary N) is 1. The molecular formula is C18H23N3O4S. The van der Waals surface area contributed by atoms with Gasteiger partial charge in [-0.05, 0) is 42.8 Å². The number of carbonyl (C=O) groups is 1. The van der Waals surface area contributed by atoms with Gasteiger partial charge in [0.05, 0.1) is 17.2 Å². The average Bonchev–Trinajstić information content (AvgIpc) is 2.63. The first kappa shape index (κ1) is 19.9. The third-order valence-corrected chi connectivity index (χ3v) is 5.54. The Labute approximate surface area is 153 Å². The van der Waals surface area contributed by atoms with Gasteiger partial charge in [0.2, 0.25) is 10.0 Å². The van der Waals surface area contributed by atoms with E-state index in [2.05, 4.69) is 5.32 Å². The monoisotopic (exact) mass is 377 g/mol. The number of hydrogen-bond acceptors (Lipinski definition) is 5. The van der Waals surface area contributed by atoms with Gasteiger partial charge in [-0.3, -0.25) is 4.79 Å². The summed E-state index contributed by atoms with van der Waals surface area (Å²) in [4.78, 5) is 12.6.